The molecule has 1 saturated carbocycles. The molecule has 1 aliphatic carbocycles. The number of carbonyl (C=O) groups excluding carboxylic acids is 1. The second-order valence-electron chi connectivity index (χ2n) is 6.30. The van der Waals surface area contributed by atoms with E-state index < -0.39 is 6.10 Å². The Bertz CT molecular complexity index is 464. The number of amides is 1. The zero-order chi connectivity index (χ0) is 15.2. The maximum atomic E-state index is 12.3. The van der Waals surface area contributed by atoms with Crippen LogP contribution in [0.1, 0.15) is 64.4 Å². The SMILES string of the molecule is CC(Oc1ccccc1C(C)C)C(=O)NC1CCCCC1. The van der Waals surface area contributed by atoms with Gasteiger partial charge in [-0.25, -0.2) is 0 Å². The number of nitrogens with one attached hydrogen (secondary N) is 1. The molecule has 0 heterocycles. The molecule has 0 saturated heterocycles. The third kappa shape index (κ3) is 4.48. The number of rotatable bonds is 5. The quantitative estimate of drug-likeness (QED) is 0.889. The van der Waals surface area contributed by atoms with Crippen molar-refractivity contribution >= 4 is 5.91 Å². The van der Waals surface area contributed by atoms with Crippen molar-refractivity contribution in [1.82, 2.24) is 5.32 Å². The van der Waals surface area contributed by atoms with E-state index in [2.05, 4.69) is 25.2 Å². The minimum Gasteiger partial charge on any atom is -0.481 e. The molecule has 116 valence electrons. The largest absolute Gasteiger partial charge is 0.481 e. The monoisotopic (exact) mass is 289 g/mol. The molecule has 1 N–H and O–H groups in total. The normalized spacial score (nSPS) is 17.5. The van der Waals surface area contributed by atoms with E-state index in [4.69, 9.17) is 4.74 Å². The fourth-order valence-corrected chi connectivity index (χ4v) is 2.87. The van der Waals surface area contributed by atoms with E-state index >= 15 is 0 Å². The highest BCUT2D eigenvalue weighted by Gasteiger charge is 2.21. The van der Waals surface area contributed by atoms with Crippen LogP contribution < -0.4 is 10.1 Å². The first-order chi connectivity index (χ1) is 10.1. The van der Waals surface area contributed by atoms with Gasteiger partial charge in [0.1, 0.15) is 5.75 Å². The minimum absolute atomic E-state index is 0.000425. The number of ether oxygens (including phenoxy) is 1. The lowest BCUT2D eigenvalue weighted by Crippen LogP contribution is -2.43. The standard InChI is InChI=1S/C18H27NO2/c1-13(2)16-11-7-8-12-17(16)21-14(3)18(20)19-15-9-5-4-6-10-15/h7-8,11-15H,4-6,9-10H2,1-3H3,(H,19,20). The summed E-state index contributed by atoms with van der Waals surface area (Å²) in [5.41, 5.74) is 1.15. The van der Waals surface area contributed by atoms with Crippen LogP contribution in [-0.4, -0.2) is 18.1 Å². The molecule has 1 aliphatic rings. The summed E-state index contributed by atoms with van der Waals surface area (Å²) in [6.07, 6.45) is 5.47. The van der Waals surface area contributed by atoms with Crippen molar-refractivity contribution < 1.29 is 9.53 Å². The van der Waals surface area contributed by atoms with Gasteiger partial charge in [-0.05, 0) is 37.3 Å². The first kappa shape index (κ1) is 15.9. The number of hydrogen-bond donors (Lipinski definition) is 1. The van der Waals surface area contributed by atoms with Crippen LogP contribution in [0.25, 0.3) is 0 Å². The van der Waals surface area contributed by atoms with Gasteiger partial charge in [0.05, 0.1) is 0 Å². The van der Waals surface area contributed by atoms with E-state index in [1.54, 1.807) is 0 Å². The smallest absolute Gasteiger partial charge is 0.260 e. The molecule has 0 bridgehead atoms. The summed E-state index contributed by atoms with van der Waals surface area (Å²) in [6, 6.07) is 8.30. The molecule has 1 fully saturated rings. The predicted octanol–water partition coefficient (Wildman–Crippen LogP) is 4.03. The lowest BCUT2D eigenvalue weighted by molar-refractivity contribution is -0.128. The van der Waals surface area contributed by atoms with Crippen molar-refractivity contribution in [3.63, 3.8) is 0 Å². The minimum atomic E-state index is -0.452. The summed E-state index contributed by atoms with van der Waals surface area (Å²) >= 11 is 0. The lowest BCUT2D eigenvalue weighted by atomic mass is 9.95. The Morgan fingerprint density at radius 1 is 1.14 bits per heavy atom. The average Bonchev–Trinajstić information content (AvgIpc) is 2.48. The molecule has 1 unspecified atom stereocenters. The number of carbonyl (C=O) groups is 1. The van der Waals surface area contributed by atoms with Crippen LogP contribution >= 0.6 is 0 Å². The molecule has 1 atom stereocenters. The summed E-state index contributed by atoms with van der Waals surface area (Å²) in [5.74, 6) is 1.20. The van der Waals surface area contributed by atoms with E-state index in [1.165, 1.54) is 19.3 Å². The van der Waals surface area contributed by atoms with Gasteiger partial charge in [0, 0.05) is 6.04 Å². The van der Waals surface area contributed by atoms with Crippen LogP contribution in [0, 0.1) is 0 Å². The van der Waals surface area contributed by atoms with Gasteiger partial charge in [-0.1, -0.05) is 51.3 Å². The third-order valence-corrected chi connectivity index (χ3v) is 4.17. The van der Waals surface area contributed by atoms with E-state index in [0.717, 1.165) is 24.2 Å². The first-order valence-corrected chi connectivity index (χ1v) is 8.14. The summed E-state index contributed by atoms with van der Waals surface area (Å²) in [5, 5.41) is 3.12. The van der Waals surface area contributed by atoms with Gasteiger partial charge in [-0.3, -0.25) is 4.79 Å². The molecule has 0 aliphatic heterocycles. The Kier molecular flexibility index (Phi) is 5.66. The Morgan fingerprint density at radius 2 is 1.81 bits per heavy atom. The van der Waals surface area contributed by atoms with Gasteiger partial charge >= 0.3 is 0 Å². The van der Waals surface area contributed by atoms with Crippen molar-refractivity contribution in [3.05, 3.63) is 29.8 Å². The second-order valence-corrected chi connectivity index (χ2v) is 6.30. The van der Waals surface area contributed by atoms with Crippen molar-refractivity contribution in [2.75, 3.05) is 0 Å². The highest BCUT2D eigenvalue weighted by molar-refractivity contribution is 5.81. The van der Waals surface area contributed by atoms with Crippen LogP contribution in [0.5, 0.6) is 5.75 Å². The van der Waals surface area contributed by atoms with Crippen LogP contribution in [0.4, 0.5) is 0 Å². The van der Waals surface area contributed by atoms with E-state index in [-0.39, 0.29) is 5.91 Å². The van der Waals surface area contributed by atoms with Crippen molar-refractivity contribution in [3.8, 4) is 5.75 Å². The summed E-state index contributed by atoms with van der Waals surface area (Å²) in [4.78, 5) is 12.3. The van der Waals surface area contributed by atoms with Gasteiger partial charge in [0.15, 0.2) is 6.10 Å². The molecule has 0 radical (unpaired) electrons. The lowest BCUT2D eigenvalue weighted by Gasteiger charge is -2.25. The van der Waals surface area contributed by atoms with Crippen molar-refractivity contribution in [1.29, 1.82) is 0 Å². The summed E-state index contributed by atoms with van der Waals surface area (Å²) in [6.45, 7) is 6.10. The Balaban J connectivity index is 1.94. The topological polar surface area (TPSA) is 38.3 Å². The molecule has 0 spiro atoms. The molecule has 3 heteroatoms. The fourth-order valence-electron chi connectivity index (χ4n) is 2.87. The summed E-state index contributed by atoms with van der Waals surface area (Å²) in [7, 11) is 0. The van der Waals surface area contributed by atoms with Gasteiger partial charge in [-0.2, -0.15) is 0 Å². The number of benzene rings is 1. The molecule has 1 aromatic carbocycles. The van der Waals surface area contributed by atoms with E-state index in [9.17, 15) is 4.79 Å². The molecule has 0 aromatic heterocycles. The molecule has 3 nitrogen and oxygen atoms in total. The van der Waals surface area contributed by atoms with Gasteiger partial charge in [-0.15, -0.1) is 0 Å². The molecule has 1 aromatic rings. The van der Waals surface area contributed by atoms with Gasteiger partial charge < -0.3 is 10.1 Å². The van der Waals surface area contributed by atoms with Crippen LogP contribution in [0.3, 0.4) is 0 Å². The van der Waals surface area contributed by atoms with Crippen LogP contribution in [0.2, 0.25) is 0 Å². The zero-order valence-corrected chi connectivity index (χ0v) is 13.4. The highest BCUT2D eigenvalue weighted by atomic mass is 16.5. The maximum Gasteiger partial charge on any atom is 0.260 e. The first-order valence-electron chi connectivity index (χ1n) is 8.14. The Labute approximate surface area is 128 Å². The van der Waals surface area contributed by atoms with Gasteiger partial charge in [0.25, 0.3) is 5.91 Å². The average molecular weight is 289 g/mol. The molecular formula is C18H27NO2. The molecular weight excluding hydrogens is 262 g/mol. The molecule has 1 amide bonds. The van der Waals surface area contributed by atoms with Crippen molar-refractivity contribution in [2.24, 2.45) is 0 Å². The maximum absolute atomic E-state index is 12.3. The predicted molar refractivity (Wildman–Crippen MR) is 85.6 cm³/mol. The Hall–Kier alpha value is -1.51. The Morgan fingerprint density at radius 3 is 2.48 bits per heavy atom. The third-order valence-electron chi connectivity index (χ3n) is 4.17. The number of hydrogen-bond acceptors (Lipinski definition) is 2. The molecule has 21 heavy (non-hydrogen) atoms. The van der Waals surface area contributed by atoms with Gasteiger partial charge in [0.2, 0.25) is 0 Å². The highest BCUT2D eigenvalue weighted by Crippen LogP contribution is 2.26. The van der Waals surface area contributed by atoms with Crippen LogP contribution in [-0.2, 0) is 4.79 Å². The second kappa shape index (κ2) is 7.48. The molecule has 2 rings (SSSR count). The number of para-hydroxylation sites is 1. The van der Waals surface area contributed by atoms with E-state index in [0.29, 0.717) is 12.0 Å². The summed E-state index contributed by atoms with van der Waals surface area (Å²) < 4.78 is 5.90. The van der Waals surface area contributed by atoms with E-state index in [1.807, 2.05) is 25.1 Å². The van der Waals surface area contributed by atoms with Crippen LogP contribution in [0.15, 0.2) is 24.3 Å². The van der Waals surface area contributed by atoms with Crippen molar-refractivity contribution in [2.45, 2.75) is 70.9 Å². The zero-order valence-electron chi connectivity index (χ0n) is 13.4. The fraction of sp³-hybridized carbons (Fsp3) is 0.611.